The molecule has 1 saturated heterocycles. The first kappa shape index (κ1) is 17.3. The lowest BCUT2D eigenvalue weighted by molar-refractivity contribution is 0.0775. The number of nitrogens with zero attached hydrogens (tertiary/aromatic N) is 4. The summed E-state index contributed by atoms with van der Waals surface area (Å²) in [6.45, 7) is 5.30. The van der Waals surface area contributed by atoms with Gasteiger partial charge in [0.25, 0.3) is 5.91 Å². The predicted molar refractivity (Wildman–Crippen MR) is 94.8 cm³/mol. The summed E-state index contributed by atoms with van der Waals surface area (Å²) in [5.41, 5.74) is 1.44. The van der Waals surface area contributed by atoms with Gasteiger partial charge < -0.3 is 14.4 Å². The highest BCUT2D eigenvalue weighted by Crippen LogP contribution is 2.34. The molecule has 2 atom stereocenters. The molecule has 1 saturated carbocycles. The van der Waals surface area contributed by atoms with E-state index in [1.165, 1.54) is 19.1 Å². The molecule has 26 heavy (non-hydrogen) atoms. The largest absolute Gasteiger partial charge is 0.448 e. The number of rotatable bonds is 6. The van der Waals surface area contributed by atoms with Gasteiger partial charge in [0, 0.05) is 50.2 Å². The van der Waals surface area contributed by atoms with Crippen molar-refractivity contribution in [2.24, 2.45) is 11.8 Å². The third-order valence-corrected chi connectivity index (χ3v) is 5.47. The molecule has 1 aliphatic carbocycles. The lowest BCUT2D eigenvalue weighted by Gasteiger charge is -2.14. The van der Waals surface area contributed by atoms with Gasteiger partial charge in [-0.25, -0.2) is 4.98 Å². The molecule has 2 aromatic rings. The molecule has 4 rings (SSSR count). The Kier molecular flexibility index (Phi) is 4.56. The van der Waals surface area contributed by atoms with Gasteiger partial charge in [-0.15, -0.1) is 0 Å². The maximum absolute atomic E-state index is 12.8. The molecular formula is C19H26N4O3. The van der Waals surface area contributed by atoms with Crippen LogP contribution in [0.5, 0.6) is 0 Å². The minimum Gasteiger partial charge on any atom is -0.448 e. The Bertz CT molecular complexity index is 777. The Morgan fingerprint density at radius 3 is 2.85 bits per heavy atom. The van der Waals surface area contributed by atoms with E-state index in [1.807, 2.05) is 17.1 Å². The van der Waals surface area contributed by atoms with E-state index >= 15 is 0 Å². The number of aliphatic hydroxyl groups is 1. The Morgan fingerprint density at radius 1 is 1.38 bits per heavy atom. The summed E-state index contributed by atoms with van der Waals surface area (Å²) >= 11 is 0. The predicted octanol–water partition coefficient (Wildman–Crippen LogP) is 2.25. The van der Waals surface area contributed by atoms with E-state index in [0.29, 0.717) is 30.6 Å². The summed E-state index contributed by atoms with van der Waals surface area (Å²) in [5.74, 6) is 1.32. The van der Waals surface area contributed by atoms with Crippen LogP contribution in [0.15, 0.2) is 23.1 Å². The Hall–Kier alpha value is -2.15. The van der Waals surface area contributed by atoms with Gasteiger partial charge in [-0.1, -0.05) is 0 Å². The van der Waals surface area contributed by atoms with Crippen molar-refractivity contribution in [3.05, 3.63) is 35.8 Å². The molecule has 0 aromatic carbocycles. The van der Waals surface area contributed by atoms with E-state index in [2.05, 4.69) is 23.9 Å². The second-order valence-corrected chi connectivity index (χ2v) is 7.88. The number of aliphatic hydroxyl groups excluding tert-OH is 1. The third kappa shape index (κ3) is 3.40. The number of carbonyl (C=O) groups is 1. The normalized spacial score (nSPS) is 23.2. The second kappa shape index (κ2) is 6.87. The maximum Gasteiger partial charge on any atom is 0.275 e. The number of hydrogen-bond donors (Lipinski definition) is 1. The van der Waals surface area contributed by atoms with Crippen molar-refractivity contribution in [3.63, 3.8) is 0 Å². The number of likely N-dealkylation sites (tertiary alicyclic amines) is 1. The van der Waals surface area contributed by atoms with Crippen LogP contribution in [0.4, 0.5) is 0 Å². The van der Waals surface area contributed by atoms with Crippen molar-refractivity contribution in [1.82, 2.24) is 19.7 Å². The summed E-state index contributed by atoms with van der Waals surface area (Å²) in [6.07, 6.45) is 8.62. The first-order valence-electron chi connectivity index (χ1n) is 9.43. The van der Waals surface area contributed by atoms with E-state index in [1.54, 1.807) is 4.90 Å². The molecule has 2 aliphatic rings. The molecule has 140 valence electrons. The molecule has 0 radical (unpaired) electrons. The molecule has 7 nitrogen and oxygen atoms in total. The lowest BCUT2D eigenvalue weighted by atomic mass is 9.92. The van der Waals surface area contributed by atoms with Crippen molar-refractivity contribution in [1.29, 1.82) is 0 Å². The summed E-state index contributed by atoms with van der Waals surface area (Å²) in [6, 6.07) is 0.287. The van der Waals surface area contributed by atoms with Crippen LogP contribution >= 0.6 is 0 Å². The minimum atomic E-state index is -0.118. The zero-order chi connectivity index (χ0) is 18.3. The average molecular weight is 358 g/mol. The van der Waals surface area contributed by atoms with Gasteiger partial charge in [0.1, 0.15) is 6.26 Å². The number of aromatic nitrogens is 3. The molecule has 2 fully saturated rings. The highest BCUT2D eigenvalue weighted by Gasteiger charge is 2.37. The smallest absolute Gasteiger partial charge is 0.275 e. The quantitative estimate of drug-likeness (QED) is 0.856. The van der Waals surface area contributed by atoms with Gasteiger partial charge in [-0.2, -0.15) is 5.10 Å². The Morgan fingerprint density at radius 2 is 2.19 bits per heavy atom. The van der Waals surface area contributed by atoms with E-state index in [4.69, 9.17) is 4.42 Å². The first-order chi connectivity index (χ1) is 12.5. The molecular weight excluding hydrogens is 332 g/mol. The van der Waals surface area contributed by atoms with Crippen LogP contribution in [0.25, 0.3) is 0 Å². The topological polar surface area (TPSA) is 84.4 Å². The van der Waals surface area contributed by atoms with Gasteiger partial charge in [0.2, 0.25) is 0 Å². The standard InChI is InChI=1S/C19H26N4O3/c1-12(2)23-8-14(6-20-23)16-9-22(7-15(16)10-24)19(25)17-11-26-18(21-17)5-13-3-4-13/h6,8,11-13,15-16,24H,3-5,7,9-10H2,1-2H3/t15-,16-/m0/s1. The van der Waals surface area contributed by atoms with Crippen LogP contribution in [0.3, 0.4) is 0 Å². The third-order valence-electron chi connectivity index (χ3n) is 5.47. The van der Waals surface area contributed by atoms with Gasteiger partial charge in [-0.3, -0.25) is 9.48 Å². The Balaban J connectivity index is 1.46. The molecule has 3 heterocycles. The summed E-state index contributed by atoms with van der Waals surface area (Å²) in [4.78, 5) is 19.0. The van der Waals surface area contributed by atoms with Crippen LogP contribution in [0, 0.1) is 11.8 Å². The van der Waals surface area contributed by atoms with Gasteiger partial charge >= 0.3 is 0 Å². The zero-order valence-corrected chi connectivity index (χ0v) is 15.3. The molecule has 1 N–H and O–H groups in total. The molecule has 0 bridgehead atoms. The van der Waals surface area contributed by atoms with Crippen LogP contribution in [0.1, 0.15) is 60.6 Å². The number of hydrogen-bond acceptors (Lipinski definition) is 5. The fourth-order valence-electron chi connectivity index (χ4n) is 3.66. The molecule has 0 spiro atoms. The summed E-state index contributed by atoms with van der Waals surface area (Å²) in [5, 5.41) is 14.2. The van der Waals surface area contributed by atoms with Crippen molar-refractivity contribution < 1.29 is 14.3 Å². The van der Waals surface area contributed by atoms with E-state index in [9.17, 15) is 9.90 Å². The fourth-order valence-corrected chi connectivity index (χ4v) is 3.66. The molecule has 1 amide bonds. The van der Waals surface area contributed by atoms with Crippen molar-refractivity contribution in [3.8, 4) is 0 Å². The summed E-state index contributed by atoms with van der Waals surface area (Å²) in [7, 11) is 0. The van der Waals surface area contributed by atoms with E-state index in [0.717, 1.165) is 12.0 Å². The van der Waals surface area contributed by atoms with E-state index in [-0.39, 0.29) is 30.4 Å². The second-order valence-electron chi connectivity index (χ2n) is 7.88. The number of carbonyl (C=O) groups excluding carboxylic acids is 1. The van der Waals surface area contributed by atoms with Crippen molar-refractivity contribution in [2.45, 2.75) is 45.1 Å². The molecule has 2 aromatic heterocycles. The average Bonchev–Trinajstić information content (AvgIpc) is 3.08. The van der Waals surface area contributed by atoms with Gasteiger partial charge in [0.15, 0.2) is 11.6 Å². The zero-order valence-electron chi connectivity index (χ0n) is 15.3. The number of oxazole rings is 1. The van der Waals surface area contributed by atoms with E-state index < -0.39 is 0 Å². The summed E-state index contributed by atoms with van der Waals surface area (Å²) < 4.78 is 7.38. The van der Waals surface area contributed by atoms with Gasteiger partial charge in [-0.05, 0) is 38.2 Å². The van der Waals surface area contributed by atoms with Crippen molar-refractivity contribution in [2.75, 3.05) is 19.7 Å². The van der Waals surface area contributed by atoms with Crippen LogP contribution in [-0.2, 0) is 6.42 Å². The maximum atomic E-state index is 12.8. The molecule has 1 aliphatic heterocycles. The van der Waals surface area contributed by atoms with Gasteiger partial charge in [0.05, 0.1) is 6.20 Å². The molecule has 7 heteroatoms. The number of amides is 1. The van der Waals surface area contributed by atoms with Crippen LogP contribution < -0.4 is 0 Å². The van der Waals surface area contributed by atoms with Crippen LogP contribution in [-0.4, -0.2) is 50.4 Å². The monoisotopic (exact) mass is 358 g/mol. The minimum absolute atomic E-state index is 0.0154. The Labute approximate surface area is 153 Å². The van der Waals surface area contributed by atoms with Crippen LogP contribution in [0.2, 0.25) is 0 Å². The molecule has 0 unspecified atom stereocenters. The highest BCUT2D eigenvalue weighted by atomic mass is 16.3. The van der Waals surface area contributed by atoms with Crippen molar-refractivity contribution >= 4 is 5.91 Å². The fraction of sp³-hybridized carbons (Fsp3) is 0.632. The lowest BCUT2D eigenvalue weighted by Crippen LogP contribution is -2.29. The SMILES string of the molecule is CC(C)n1cc([C@@H]2CN(C(=O)c3coc(CC4CC4)n3)C[C@H]2CO)cn1. The first-order valence-corrected chi connectivity index (χ1v) is 9.43. The highest BCUT2D eigenvalue weighted by molar-refractivity contribution is 5.92.